The van der Waals surface area contributed by atoms with Crippen LogP contribution in [0.3, 0.4) is 0 Å². The summed E-state index contributed by atoms with van der Waals surface area (Å²) in [5.41, 5.74) is 4.04. The molecule has 0 spiro atoms. The van der Waals surface area contributed by atoms with Gasteiger partial charge in [-0.3, -0.25) is 0 Å². The number of hydrogen-bond donors (Lipinski definition) is 2. The van der Waals surface area contributed by atoms with Gasteiger partial charge < -0.3 is 10.4 Å². The summed E-state index contributed by atoms with van der Waals surface area (Å²) in [7, 11) is 0. The molecule has 0 aliphatic heterocycles. The number of nitrogens with one attached hydrogen (secondary N) is 1. The lowest BCUT2D eigenvalue weighted by Gasteiger charge is -2.17. The zero-order chi connectivity index (χ0) is 14.8. The highest BCUT2D eigenvalue weighted by atomic mass is 16.4. The number of carbonyl (C=O) groups is 1. The topological polar surface area (TPSA) is 49.3 Å². The Morgan fingerprint density at radius 1 is 1.19 bits per heavy atom. The van der Waals surface area contributed by atoms with Crippen LogP contribution in [0.1, 0.15) is 41.5 Å². The minimum absolute atomic E-state index is 0.687. The van der Waals surface area contributed by atoms with E-state index in [1.165, 1.54) is 18.4 Å². The molecule has 2 aromatic rings. The number of rotatable bonds is 5. The van der Waals surface area contributed by atoms with E-state index in [0.29, 0.717) is 5.92 Å². The second-order valence-corrected chi connectivity index (χ2v) is 5.73. The summed E-state index contributed by atoms with van der Waals surface area (Å²) in [4.78, 5) is 11.6. The number of carboxylic acid groups (broad SMARTS) is 1. The van der Waals surface area contributed by atoms with Crippen LogP contribution < -0.4 is 5.32 Å². The van der Waals surface area contributed by atoms with Crippen molar-refractivity contribution in [3.63, 3.8) is 0 Å². The maximum absolute atomic E-state index is 11.6. The van der Waals surface area contributed by atoms with Crippen molar-refractivity contribution in [1.82, 2.24) is 0 Å². The van der Waals surface area contributed by atoms with E-state index in [9.17, 15) is 9.90 Å². The van der Waals surface area contributed by atoms with Gasteiger partial charge >= 0.3 is 5.97 Å². The lowest BCUT2D eigenvalue weighted by Crippen LogP contribution is -2.20. The molecule has 0 radical (unpaired) electrons. The third kappa shape index (κ3) is 3.24. The van der Waals surface area contributed by atoms with Gasteiger partial charge in [0.2, 0.25) is 0 Å². The van der Waals surface area contributed by atoms with E-state index in [1.807, 2.05) is 43.3 Å². The van der Waals surface area contributed by atoms with Gasteiger partial charge in [-0.15, -0.1) is 0 Å². The van der Waals surface area contributed by atoms with Crippen LogP contribution >= 0.6 is 0 Å². The molecule has 1 aliphatic carbocycles. The summed E-state index contributed by atoms with van der Waals surface area (Å²) >= 11 is 0. The smallest absolute Gasteiger partial charge is 0.330 e. The number of aliphatic carboxylic acids is 1. The van der Waals surface area contributed by atoms with Crippen molar-refractivity contribution in [3.05, 3.63) is 65.2 Å². The zero-order valence-corrected chi connectivity index (χ0v) is 12.0. The summed E-state index contributed by atoms with van der Waals surface area (Å²) in [6.07, 6.45) is 2.51. The van der Waals surface area contributed by atoms with Gasteiger partial charge in [0, 0.05) is 5.69 Å². The molecule has 1 saturated carbocycles. The molecule has 2 aromatic carbocycles. The maximum Gasteiger partial charge on any atom is 0.330 e. The second kappa shape index (κ2) is 5.60. The Morgan fingerprint density at radius 2 is 1.90 bits per heavy atom. The van der Waals surface area contributed by atoms with E-state index >= 15 is 0 Å². The third-order valence-corrected chi connectivity index (χ3v) is 3.89. The van der Waals surface area contributed by atoms with E-state index in [4.69, 9.17) is 0 Å². The molecule has 3 rings (SSSR count). The van der Waals surface area contributed by atoms with Gasteiger partial charge in [0.1, 0.15) is 0 Å². The van der Waals surface area contributed by atoms with Crippen LogP contribution in [0.2, 0.25) is 0 Å². The Kier molecular flexibility index (Phi) is 3.65. The van der Waals surface area contributed by atoms with Gasteiger partial charge in [-0.05, 0) is 54.5 Å². The molecular formula is C18H19NO2. The molecule has 0 aromatic heterocycles. The van der Waals surface area contributed by atoms with Crippen molar-refractivity contribution >= 4 is 11.7 Å². The molecule has 108 valence electrons. The Labute approximate surface area is 124 Å². The first-order valence-corrected chi connectivity index (χ1v) is 7.29. The van der Waals surface area contributed by atoms with E-state index < -0.39 is 12.0 Å². The number of aryl methyl sites for hydroxylation is 1. The molecule has 2 N–H and O–H groups in total. The van der Waals surface area contributed by atoms with Crippen molar-refractivity contribution in [2.24, 2.45) is 0 Å². The average Bonchev–Trinajstić information content (AvgIpc) is 3.29. The predicted molar refractivity (Wildman–Crippen MR) is 83.6 cm³/mol. The number of hydrogen-bond acceptors (Lipinski definition) is 2. The van der Waals surface area contributed by atoms with E-state index in [1.54, 1.807) is 0 Å². The van der Waals surface area contributed by atoms with Crippen molar-refractivity contribution in [2.75, 3.05) is 5.32 Å². The summed E-state index contributed by atoms with van der Waals surface area (Å²) < 4.78 is 0. The van der Waals surface area contributed by atoms with E-state index in [-0.39, 0.29) is 0 Å². The molecular weight excluding hydrogens is 262 g/mol. The molecule has 1 atom stereocenters. The summed E-state index contributed by atoms with van der Waals surface area (Å²) in [5.74, 6) is -0.178. The van der Waals surface area contributed by atoms with Gasteiger partial charge in [0.05, 0.1) is 0 Å². The van der Waals surface area contributed by atoms with Crippen molar-refractivity contribution in [1.29, 1.82) is 0 Å². The van der Waals surface area contributed by atoms with Crippen LogP contribution in [-0.2, 0) is 4.79 Å². The van der Waals surface area contributed by atoms with Gasteiger partial charge in [-0.1, -0.05) is 36.4 Å². The Bertz CT molecular complexity index is 645. The maximum atomic E-state index is 11.6. The Hall–Kier alpha value is -2.29. The molecule has 1 fully saturated rings. The molecule has 0 heterocycles. The summed E-state index contributed by atoms with van der Waals surface area (Å²) in [5, 5.41) is 12.6. The molecule has 0 amide bonds. The van der Waals surface area contributed by atoms with Crippen molar-refractivity contribution < 1.29 is 9.90 Å². The molecule has 0 saturated heterocycles. The summed E-state index contributed by atoms with van der Waals surface area (Å²) in [6.45, 7) is 1.99. The lowest BCUT2D eigenvalue weighted by molar-refractivity contribution is -0.138. The average molecular weight is 281 g/mol. The van der Waals surface area contributed by atoms with Crippen LogP contribution in [0.25, 0.3) is 0 Å². The predicted octanol–water partition coefficient (Wildman–Crippen LogP) is 4.11. The van der Waals surface area contributed by atoms with E-state index in [2.05, 4.69) is 17.4 Å². The first kappa shape index (κ1) is 13.7. The second-order valence-electron chi connectivity index (χ2n) is 5.73. The van der Waals surface area contributed by atoms with Crippen LogP contribution in [0.15, 0.2) is 48.5 Å². The van der Waals surface area contributed by atoms with Gasteiger partial charge in [-0.25, -0.2) is 4.79 Å². The van der Waals surface area contributed by atoms with Gasteiger partial charge in [0.15, 0.2) is 6.04 Å². The highest BCUT2D eigenvalue weighted by Gasteiger charge is 2.24. The Balaban J connectivity index is 1.81. The van der Waals surface area contributed by atoms with Crippen LogP contribution in [-0.4, -0.2) is 11.1 Å². The molecule has 3 heteroatoms. The molecule has 21 heavy (non-hydrogen) atoms. The van der Waals surface area contributed by atoms with Crippen LogP contribution in [0.5, 0.6) is 0 Å². The first-order valence-electron chi connectivity index (χ1n) is 7.29. The fourth-order valence-electron chi connectivity index (χ4n) is 2.57. The minimum atomic E-state index is -0.865. The number of carboxylic acids is 1. The zero-order valence-electron chi connectivity index (χ0n) is 12.0. The normalized spacial score (nSPS) is 15.5. The molecule has 0 bridgehead atoms. The van der Waals surface area contributed by atoms with Gasteiger partial charge in [-0.2, -0.15) is 0 Å². The van der Waals surface area contributed by atoms with Crippen molar-refractivity contribution in [3.8, 4) is 0 Å². The van der Waals surface area contributed by atoms with Crippen LogP contribution in [0, 0.1) is 6.92 Å². The fourth-order valence-corrected chi connectivity index (χ4v) is 2.57. The highest BCUT2D eigenvalue weighted by molar-refractivity contribution is 5.79. The van der Waals surface area contributed by atoms with Gasteiger partial charge in [0.25, 0.3) is 0 Å². The SMILES string of the molecule is Cc1cccc(NC(C(=O)O)c2ccc(C3CC3)cc2)c1. The third-order valence-electron chi connectivity index (χ3n) is 3.89. The van der Waals surface area contributed by atoms with Crippen LogP contribution in [0.4, 0.5) is 5.69 Å². The number of anilines is 1. The molecule has 3 nitrogen and oxygen atoms in total. The quantitative estimate of drug-likeness (QED) is 0.867. The van der Waals surface area contributed by atoms with Crippen molar-refractivity contribution in [2.45, 2.75) is 31.7 Å². The minimum Gasteiger partial charge on any atom is -0.479 e. The standard InChI is InChI=1S/C18H19NO2/c1-12-3-2-4-16(11-12)19-17(18(20)21)15-9-7-14(8-10-15)13-5-6-13/h2-4,7-11,13,17,19H,5-6H2,1H3,(H,20,21). The highest BCUT2D eigenvalue weighted by Crippen LogP contribution is 2.40. The largest absolute Gasteiger partial charge is 0.479 e. The first-order chi connectivity index (χ1) is 10.1. The fraction of sp³-hybridized carbons (Fsp3) is 0.278. The van der Waals surface area contributed by atoms with E-state index in [0.717, 1.165) is 16.8 Å². The number of benzene rings is 2. The lowest BCUT2D eigenvalue weighted by atomic mass is 10.0. The monoisotopic (exact) mass is 281 g/mol. The molecule has 1 aliphatic rings. The molecule has 1 unspecified atom stereocenters. The summed E-state index contributed by atoms with van der Waals surface area (Å²) in [6, 6.07) is 15.0. The Morgan fingerprint density at radius 3 is 2.48 bits per heavy atom.